The first kappa shape index (κ1) is 13.9. The number of hydrogen-bond donors (Lipinski definition) is 1. The molecule has 5 nitrogen and oxygen atoms in total. The van der Waals surface area contributed by atoms with Crippen molar-refractivity contribution in [2.75, 3.05) is 5.73 Å². The Kier molecular flexibility index (Phi) is 4.08. The van der Waals surface area contributed by atoms with E-state index in [1.54, 1.807) is 0 Å². The predicted molar refractivity (Wildman–Crippen MR) is 82.0 cm³/mol. The summed E-state index contributed by atoms with van der Waals surface area (Å²) in [7, 11) is 1.93. The van der Waals surface area contributed by atoms with Gasteiger partial charge in [-0.05, 0) is 37.1 Å². The molecule has 0 amide bonds. The number of nitrogens with zero attached hydrogens (tertiary/aromatic N) is 3. The van der Waals surface area contributed by atoms with Gasteiger partial charge in [0, 0.05) is 18.7 Å². The van der Waals surface area contributed by atoms with E-state index in [-0.39, 0.29) is 0 Å². The number of ether oxygens (including phenoxy) is 1. The molecule has 1 aliphatic rings. The Bertz CT molecular complexity index is 585. The molecule has 2 aromatic rings. The van der Waals surface area contributed by atoms with Crippen molar-refractivity contribution in [3.05, 3.63) is 35.9 Å². The van der Waals surface area contributed by atoms with Crippen molar-refractivity contribution in [3.63, 3.8) is 0 Å². The Morgan fingerprint density at radius 3 is 2.62 bits per heavy atom. The Morgan fingerprint density at radius 1 is 1.19 bits per heavy atom. The first-order valence-electron chi connectivity index (χ1n) is 7.60. The van der Waals surface area contributed by atoms with Crippen LogP contribution < -0.4 is 10.5 Å². The van der Waals surface area contributed by atoms with Crippen molar-refractivity contribution in [3.8, 4) is 5.75 Å². The highest BCUT2D eigenvalue weighted by molar-refractivity contribution is 5.41. The lowest BCUT2D eigenvalue weighted by molar-refractivity contribution is 0.289. The van der Waals surface area contributed by atoms with Gasteiger partial charge >= 0.3 is 0 Å². The predicted octanol–water partition coefficient (Wildman–Crippen LogP) is 3.02. The molecule has 1 fully saturated rings. The van der Waals surface area contributed by atoms with Gasteiger partial charge in [0.1, 0.15) is 12.4 Å². The van der Waals surface area contributed by atoms with Crippen LogP contribution >= 0.6 is 0 Å². The maximum Gasteiger partial charge on any atom is 0.164 e. The molecule has 1 saturated carbocycles. The van der Waals surface area contributed by atoms with Crippen LogP contribution in [0.5, 0.6) is 5.75 Å². The molecule has 5 heteroatoms. The van der Waals surface area contributed by atoms with Crippen molar-refractivity contribution in [2.24, 2.45) is 7.05 Å². The lowest BCUT2D eigenvalue weighted by Crippen LogP contribution is -2.06. The minimum Gasteiger partial charge on any atom is -0.486 e. The number of anilines is 1. The zero-order valence-corrected chi connectivity index (χ0v) is 12.5. The first-order valence-corrected chi connectivity index (χ1v) is 7.60. The van der Waals surface area contributed by atoms with Gasteiger partial charge in [-0.25, -0.2) is 9.67 Å². The smallest absolute Gasteiger partial charge is 0.164 e. The fourth-order valence-electron chi connectivity index (χ4n) is 2.81. The monoisotopic (exact) mass is 286 g/mol. The van der Waals surface area contributed by atoms with Gasteiger partial charge < -0.3 is 10.5 Å². The zero-order chi connectivity index (χ0) is 14.7. The minimum absolute atomic E-state index is 0.431. The minimum atomic E-state index is 0.431. The van der Waals surface area contributed by atoms with E-state index < -0.39 is 0 Å². The van der Waals surface area contributed by atoms with Gasteiger partial charge in [-0.15, -0.1) is 0 Å². The normalized spacial score (nSPS) is 16.0. The second-order valence-corrected chi connectivity index (χ2v) is 5.70. The lowest BCUT2D eigenvalue weighted by Gasteiger charge is -2.18. The molecule has 1 aromatic carbocycles. The van der Waals surface area contributed by atoms with Crippen LogP contribution in [-0.2, 0) is 13.7 Å². The number of rotatable bonds is 4. The van der Waals surface area contributed by atoms with Crippen LogP contribution in [0.2, 0.25) is 0 Å². The second kappa shape index (κ2) is 6.16. The fraction of sp³-hybridized carbons (Fsp3) is 0.500. The Labute approximate surface area is 125 Å². The molecule has 1 heterocycles. The number of nitrogens with two attached hydrogens (primary N) is 1. The molecular weight excluding hydrogens is 264 g/mol. The summed E-state index contributed by atoms with van der Waals surface area (Å²) in [6, 6.07) is 7.40. The van der Waals surface area contributed by atoms with E-state index in [1.165, 1.54) is 32.1 Å². The van der Waals surface area contributed by atoms with Crippen molar-refractivity contribution >= 4 is 5.69 Å². The van der Waals surface area contributed by atoms with Crippen molar-refractivity contribution in [1.29, 1.82) is 0 Å². The van der Waals surface area contributed by atoms with E-state index in [0.717, 1.165) is 23.1 Å². The Balaban J connectivity index is 1.65. The topological polar surface area (TPSA) is 66.0 Å². The molecule has 0 radical (unpaired) electrons. The van der Waals surface area contributed by atoms with Gasteiger partial charge in [0.15, 0.2) is 11.6 Å². The Morgan fingerprint density at radius 2 is 1.90 bits per heavy atom. The highest BCUT2D eigenvalue weighted by atomic mass is 16.5. The summed E-state index contributed by atoms with van der Waals surface area (Å²) >= 11 is 0. The van der Waals surface area contributed by atoms with E-state index in [1.807, 2.05) is 36.0 Å². The third kappa shape index (κ3) is 3.35. The van der Waals surface area contributed by atoms with Crippen LogP contribution in [0.4, 0.5) is 5.69 Å². The molecule has 2 N–H and O–H groups in total. The van der Waals surface area contributed by atoms with E-state index in [2.05, 4.69) is 10.1 Å². The summed E-state index contributed by atoms with van der Waals surface area (Å²) in [5.41, 5.74) is 6.40. The number of aromatic nitrogens is 3. The molecule has 1 aliphatic carbocycles. The van der Waals surface area contributed by atoms with E-state index in [0.29, 0.717) is 12.5 Å². The number of aryl methyl sites for hydroxylation is 1. The molecule has 0 bridgehead atoms. The van der Waals surface area contributed by atoms with Gasteiger partial charge in [-0.3, -0.25) is 0 Å². The summed E-state index contributed by atoms with van der Waals surface area (Å²) < 4.78 is 7.58. The quantitative estimate of drug-likeness (QED) is 0.877. The first-order chi connectivity index (χ1) is 10.2. The summed E-state index contributed by atoms with van der Waals surface area (Å²) in [4.78, 5) is 4.67. The second-order valence-electron chi connectivity index (χ2n) is 5.70. The van der Waals surface area contributed by atoms with E-state index in [4.69, 9.17) is 10.5 Å². The van der Waals surface area contributed by atoms with Crippen molar-refractivity contribution in [2.45, 2.75) is 44.6 Å². The maximum atomic E-state index is 5.75. The molecule has 0 spiro atoms. The third-order valence-corrected chi connectivity index (χ3v) is 4.09. The number of nitrogen functional groups attached to an aromatic ring is 1. The third-order valence-electron chi connectivity index (χ3n) is 4.09. The summed E-state index contributed by atoms with van der Waals surface area (Å²) in [6.07, 6.45) is 6.35. The van der Waals surface area contributed by atoms with Crippen molar-refractivity contribution < 1.29 is 4.74 Å². The molecule has 1 aromatic heterocycles. The van der Waals surface area contributed by atoms with Crippen LogP contribution in [0.3, 0.4) is 0 Å². The fourth-order valence-corrected chi connectivity index (χ4v) is 2.81. The summed E-state index contributed by atoms with van der Waals surface area (Å²) in [5.74, 6) is 3.17. The molecule has 0 atom stereocenters. The zero-order valence-electron chi connectivity index (χ0n) is 12.5. The average molecular weight is 286 g/mol. The van der Waals surface area contributed by atoms with Gasteiger partial charge in [-0.1, -0.05) is 19.3 Å². The highest BCUT2D eigenvalue weighted by Gasteiger charge is 2.20. The molecule has 112 valence electrons. The summed E-state index contributed by atoms with van der Waals surface area (Å²) in [6.45, 7) is 0.431. The van der Waals surface area contributed by atoms with Crippen molar-refractivity contribution in [1.82, 2.24) is 14.8 Å². The van der Waals surface area contributed by atoms with Crippen LogP contribution in [0.1, 0.15) is 49.7 Å². The average Bonchev–Trinajstić information content (AvgIpc) is 2.89. The molecule has 0 saturated heterocycles. The van der Waals surface area contributed by atoms with Crippen LogP contribution in [0.25, 0.3) is 0 Å². The van der Waals surface area contributed by atoms with Gasteiger partial charge in [0.05, 0.1) is 0 Å². The molecule has 21 heavy (non-hydrogen) atoms. The molecule has 3 rings (SSSR count). The largest absolute Gasteiger partial charge is 0.486 e. The number of hydrogen-bond acceptors (Lipinski definition) is 4. The lowest BCUT2D eigenvalue weighted by atomic mass is 9.89. The standard InChI is InChI=1S/C16H22N4O/c1-20-15(11-21-14-9-7-13(17)8-10-14)18-16(19-20)12-5-3-2-4-6-12/h7-10,12H,2-6,11,17H2,1H3. The van der Waals surface area contributed by atoms with Crippen LogP contribution in [0, 0.1) is 0 Å². The maximum absolute atomic E-state index is 5.75. The van der Waals surface area contributed by atoms with Crippen LogP contribution in [-0.4, -0.2) is 14.8 Å². The summed E-state index contributed by atoms with van der Waals surface area (Å²) in [5, 5.41) is 4.57. The van der Waals surface area contributed by atoms with E-state index >= 15 is 0 Å². The molecule has 0 unspecified atom stereocenters. The Hall–Kier alpha value is -2.04. The highest BCUT2D eigenvalue weighted by Crippen LogP contribution is 2.30. The van der Waals surface area contributed by atoms with E-state index in [9.17, 15) is 0 Å². The van der Waals surface area contributed by atoms with Gasteiger partial charge in [0.25, 0.3) is 0 Å². The SMILES string of the molecule is Cn1nc(C2CCCCC2)nc1COc1ccc(N)cc1. The number of benzene rings is 1. The molecular formula is C16H22N4O. The molecule has 0 aliphatic heterocycles. The van der Waals surface area contributed by atoms with Crippen LogP contribution in [0.15, 0.2) is 24.3 Å². The van der Waals surface area contributed by atoms with Gasteiger partial charge in [-0.2, -0.15) is 5.10 Å². The van der Waals surface area contributed by atoms with Gasteiger partial charge in [0.2, 0.25) is 0 Å².